The van der Waals surface area contributed by atoms with Crippen molar-refractivity contribution in [1.82, 2.24) is 5.32 Å². The van der Waals surface area contributed by atoms with E-state index in [1.807, 2.05) is 13.8 Å². The maximum absolute atomic E-state index is 10.4. The van der Waals surface area contributed by atoms with Crippen molar-refractivity contribution in [2.75, 3.05) is 13.1 Å². The smallest absolute Gasteiger partial charge is 0.321 e. The van der Waals surface area contributed by atoms with E-state index in [1.54, 1.807) is 6.92 Å². The van der Waals surface area contributed by atoms with Gasteiger partial charge in [-0.2, -0.15) is 0 Å². The van der Waals surface area contributed by atoms with E-state index >= 15 is 0 Å². The van der Waals surface area contributed by atoms with Gasteiger partial charge in [0.05, 0.1) is 5.60 Å². The highest BCUT2D eigenvalue weighted by atomic mass is 16.4. The molecule has 0 aromatic rings. The zero-order valence-corrected chi connectivity index (χ0v) is 9.66. The molecule has 0 radical (unpaired) electrons. The second kappa shape index (κ2) is 6.05. The van der Waals surface area contributed by atoms with E-state index in [9.17, 15) is 9.90 Å². The number of hydrogen-bond donors (Lipinski definition) is 4. The highest BCUT2D eigenvalue weighted by Gasteiger charge is 2.22. The van der Waals surface area contributed by atoms with Crippen LogP contribution in [0.1, 0.15) is 27.2 Å². The lowest BCUT2D eigenvalue weighted by Gasteiger charge is -2.26. The number of carbonyl (C=O) groups is 1. The molecule has 0 bridgehead atoms. The molecule has 0 spiro atoms. The molecule has 0 saturated carbocycles. The fourth-order valence-electron chi connectivity index (χ4n) is 1.54. The van der Waals surface area contributed by atoms with Crippen LogP contribution in [0, 0.1) is 5.92 Å². The lowest BCUT2D eigenvalue weighted by molar-refractivity contribution is -0.138. The predicted octanol–water partition coefficient (Wildman–Crippen LogP) is -0.215. The third-order valence-corrected chi connectivity index (χ3v) is 2.04. The van der Waals surface area contributed by atoms with Crippen LogP contribution in [-0.2, 0) is 4.79 Å². The first-order valence-electron chi connectivity index (χ1n) is 5.16. The van der Waals surface area contributed by atoms with Gasteiger partial charge >= 0.3 is 5.97 Å². The first kappa shape index (κ1) is 14.3. The van der Waals surface area contributed by atoms with Gasteiger partial charge in [0.2, 0.25) is 0 Å². The summed E-state index contributed by atoms with van der Waals surface area (Å²) < 4.78 is 0. The summed E-state index contributed by atoms with van der Waals surface area (Å²) in [6.07, 6.45) is 0.669. The molecule has 5 N–H and O–H groups in total. The molecule has 0 rings (SSSR count). The van der Waals surface area contributed by atoms with Gasteiger partial charge in [-0.3, -0.25) is 4.79 Å². The van der Waals surface area contributed by atoms with Gasteiger partial charge in [-0.1, -0.05) is 13.8 Å². The van der Waals surface area contributed by atoms with Crippen molar-refractivity contribution >= 4 is 5.97 Å². The van der Waals surface area contributed by atoms with Crippen LogP contribution < -0.4 is 11.1 Å². The van der Waals surface area contributed by atoms with Crippen molar-refractivity contribution < 1.29 is 15.0 Å². The molecule has 0 aliphatic heterocycles. The molecule has 90 valence electrons. The predicted molar refractivity (Wildman–Crippen MR) is 58.6 cm³/mol. The molecule has 0 amide bonds. The molecule has 15 heavy (non-hydrogen) atoms. The average molecular weight is 218 g/mol. The van der Waals surface area contributed by atoms with E-state index in [4.69, 9.17) is 10.8 Å². The largest absolute Gasteiger partial charge is 0.480 e. The molecule has 5 heteroatoms. The quantitative estimate of drug-likeness (QED) is 0.474. The summed E-state index contributed by atoms with van der Waals surface area (Å²) in [5, 5.41) is 21.3. The minimum Gasteiger partial charge on any atom is -0.480 e. The van der Waals surface area contributed by atoms with Gasteiger partial charge in [-0.25, -0.2) is 0 Å². The summed E-state index contributed by atoms with van der Waals surface area (Å²) in [5.41, 5.74) is 4.49. The van der Waals surface area contributed by atoms with Crippen LogP contribution in [0.3, 0.4) is 0 Å². The zero-order valence-electron chi connectivity index (χ0n) is 9.66. The van der Waals surface area contributed by atoms with Crippen molar-refractivity contribution in [2.24, 2.45) is 11.7 Å². The minimum atomic E-state index is -1.04. The van der Waals surface area contributed by atoms with Crippen molar-refractivity contribution in [2.45, 2.75) is 38.8 Å². The van der Waals surface area contributed by atoms with Crippen LogP contribution in [-0.4, -0.2) is 40.9 Å². The fraction of sp³-hybridized carbons (Fsp3) is 0.900. The van der Waals surface area contributed by atoms with E-state index in [2.05, 4.69) is 5.32 Å². The van der Waals surface area contributed by atoms with Crippen LogP contribution in [0.2, 0.25) is 0 Å². The van der Waals surface area contributed by atoms with Gasteiger partial charge in [-0.15, -0.1) is 0 Å². The maximum atomic E-state index is 10.4. The number of aliphatic carboxylic acids is 1. The summed E-state index contributed by atoms with van der Waals surface area (Å²) in [6, 6.07) is -0.917. The van der Waals surface area contributed by atoms with E-state index in [-0.39, 0.29) is 6.54 Å². The summed E-state index contributed by atoms with van der Waals surface area (Å²) in [5.74, 6) is -0.638. The number of nitrogens with two attached hydrogens (primary N) is 1. The first-order valence-corrected chi connectivity index (χ1v) is 5.16. The van der Waals surface area contributed by atoms with Crippen LogP contribution >= 0.6 is 0 Å². The van der Waals surface area contributed by atoms with E-state index < -0.39 is 17.6 Å². The summed E-state index contributed by atoms with van der Waals surface area (Å²) in [6.45, 7) is 6.30. The molecule has 0 heterocycles. The van der Waals surface area contributed by atoms with Gasteiger partial charge in [-0.05, 0) is 19.3 Å². The number of rotatable bonds is 7. The van der Waals surface area contributed by atoms with Crippen molar-refractivity contribution in [3.8, 4) is 0 Å². The number of aliphatic hydroxyl groups is 1. The van der Waals surface area contributed by atoms with Gasteiger partial charge < -0.3 is 21.3 Å². The van der Waals surface area contributed by atoms with Crippen molar-refractivity contribution in [3.05, 3.63) is 0 Å². The monoisotopic (exact) mass is 218 g/mol. The Morgan fingerprint density at radius 3 is 2.47 bits per heavy atom. The maximum Gasteiger partial charge on any atom is 0.321 e. The van der Waals surface area contributed by atoms with Gasteiger partial charge in [0.15, 0.2) is 0 Å². The van der Waals surface area contributed by atoms with Crippen molar-refractivity contribution in [3.63, 3.8) is 0 Å². The molecule has 0 aliphatic rings. The Balaban J connectivity index is 3.79. The summed E-state index contributed by atoms with van der Waals surface area (Å²) in [4.78, 5) is 10.4. The Labute approximate surface area is 90.7 Å². The fourth-order valence-corrected chi connectivity index (χ4v) is 1.54. The van der Waals surface area contributed by atoms with Crippen LogP contribution in [0.5, 0.6) is 0 Å². The number of hydrogen-bond acceptors (Lipinski definition) is 4. The Morgan fingerprint density at radius 2 is 2.07 bits per heavy atom. The Hall–Kier alpha value is -0.650. The van der Waals surface area contributed by atoms with Crippen molar-refractivity contribution in [1.29, 1.82) is 0 Å². The number of carboxylic acids is 1. The van der Waals surface area contributed by atoms with Crippen LogP contribution in [0.25, 0.3) is 0 Å². The molecular formula is C10H22N2O3. The number of carboxylic acid groups (broad SMARTS) is 1. The topological polar surface area (TPSA) is 95.6 Å². The molecular weight excluding hydrogens is 196 g/mol. The second-order valence-corrected chi connectivity index (χ2v) is 4.67. The molecule has 0 fully saturated rings. The lowest BCUT2D eigenvalue weighted by Crippen LogP contribution is -2.46. The van der Waals surface area contributed by atoms with E-state index in [0.717, 1.165) is 0 Å². The average Bonchev–Trinajstić information content (AvgIpc) is 2.00. The second-order valence-electron chi connectivity index (χ2n) is 4.67. The molecule has 0 aromatic carbocycles. The van der Waals surface area contributed by atoms with E-state index in [0.29, 0.717) is 18.9 Å². The Kier molecular flexibility index (Phi) is 5.79. The van der Waals surface area contributed by atoms with Gasteiger partial charge in [0, 0.05) is 13.1 Å². The minimum absolute atomic E-state index is 0.170. The molecule has 0 aromatic heterocycles. The molecule has 2 unspecified atom stereocenters. The SMILES string of the molecule is CC(C)CC(C)(O)CNCC(N)C(=O)O. The molecule has 0 aliphatic carbocycles. The third-order valence-electron chi connectivity index (χ3n) is 2.04. The first-order chi connectivity index (χ1) is 6.74. The summed E-state index contributed by atoms with van der Waals surface area (Å²) in [7, 11) is 0. The van der Waals surface area contributed by atoms with Crippen LogP contribution in [0.4, 0.5) is 0 Å². The Morgan fingerprint density at radius 1 is 1.53 bits per heavy atom. The van der Waals surface area contributed by atoms with Crippen LogP contribution in [0.15, 0.2) is 0 Å². The van der Waals surface area contributed by atoms with E-state index in [1.165, 1.54) is 0 Å². The lowest BCUT2D eigenvalue weighted by atomic mass is 9.94. The normalized spacial score (nSPS) is 17.5. The highest BCUT2D eigenvalue weighted by Crippen LogP contribution is 2.14. The highest BCUT2D eigenvalue weighted by molar-refractivity contribution is 5.73. The van der Waals surface area contributed by atoms with Gasteiger partial charge in [0.1, 0.15) is 6.04 Å². The molecule has 5 nitrogen and oxygen atoms in total. The molecule has 0 saturated heterocycles. The standard InChI is InChI=1S/C10H22N2O3/c1-7(2)4-10(3,15)6-12-5-8(11)9(13)14/h7-8,12,15H,4-6,11H2,1-3H3,(H,13,14). The Bertz CT molecular complexity index is 205. The third kappa shape index (κ3) is 7.30. The molecule has 2 atom stereocenters. The zero-order chi connectivity index (χ0) is 12.1. The number of nitrogens with one attached hydrogen (secondary N) is 1. The summed E-state index contributed by atoms with van der Waals surface area (Å²) >= 11 is 0. The van der Waals surface area contributed by atoms with Gasteiger partial charge in [0.25, 0.3) is 0 Å².